The van der Waals surface area contributed by atoms with Gasteiger partial charge < -0.3 is 15.3 Å². The Morgan fingerprint density at radius 3 is 2.67 bits per heavy atom. The van der Waals surface area contributed by atoms with E-state index in [1.54, 1.807) is 12.1 Å². The minimum absolute atomic E-state index is 0.0321. The van der Waals surface area contributed by atoms with Crippen LogP contribution in [0.5, 0.6) is 5.75 Å². The quantitative estimate of drug-likeness (QED) is 0.837. The van der Waals surface area contributed by atoms with Crippen molar-refractivity contribution in [2.24, 2.45) is 0 Å². The van der Waals surface area contributed by atoms with Crippen LogP contribution in [0.1, 0.15) is 29.8 Å². The minimum Gasteiger partial charge on any atom is -0.507 e. The van der Waals surface area contributed by atoms with E-state index in [9.17, 15) is 9.90 Å². The Balaban J connectivity index is 2.51. The summed E-state index contributed by atoms with van der Waals surface area (Å²) in [5.74, 6) is -0.200. The summed E-state index contributed by atoms with van der Waals surface area (Å²) in [7, 11) is 2.01. The second-order valence-electron chi connectivity index (χ2n) is 4.85. The molecule has 1 aromatic carbocycles. The molecular formula is C14H22N2O2. The molecule has 0 radical (unpaired) electrons. The zero-order valence-corrected chi connectivity index (χ0v) is 11.5. The Labute approximate surface area is 109 Å². The molecule has 0 fully saturated rings. The third-order valence-electron chi connectivity index (χ3n) is 3.03. The lowest BCUT2D eigenvalue weighted by Gasteiger charge is -2.20. The summed E-state index contributed by atoms with van der Waals surface area (Å²) < 4.78 is 0. The van der Waals surface area contributed by atoms with Crippen LogP contribution in [0.25, 0.3) is 0 Å². The smallest absolute Gasteiger partial charge is 0.255 e. The number of likely N-dealkylation sites (N-methyl/N-ethyl adjacent to an activating group) is 1. The van der Waals surface area contributed by atoms with Crippen LogP contribution in [0.15, 0.2) is 18.2 Å². The van der Waals surface area contributed by atoms with Crippen LogP contribution in [0.4, 0.5) is 0 Å². The maximum Gasteiger partial charge on any atom is 0.255 e. The Kier molecular flexibility index (Phi) is 5.16. The monoisotopic (exact) mass is 250 g/mol. The lowest BCUT2D eigenvalue weighted by Crippen LogP contribution is -2.36. The molecule has 0 unspecified atom stereocenters. The molecular weight excluding hydrogens is 228 g/mol. The molecule has 2 N–H and O–H groups in total. The fourth-order valence-electron chi connectivity index (χ4n) is 1.53. The first-order valence-electron chi connectivity index (χ1n) is 6.20. The van der Waals surface area contributed by atoms with E-state index < -0.39 is 0 Å². The normalized spacial score (nSPS) is 11.0. The van der Waals surface area contributed by atoms with Gasteiger partial charge in [0.2, 0.25) is 0 Å². The number of carbonyl (C=O) groups excluding carboxylic acids is 1. The molecule has 0 saturated heterocycles. The van der Waals surface area contributed by atoms with Crippen molar-refractivity contribution in [1.29, 1.82) is 0 Å². The van der Waals surface area contributed by atoms with Crippen LogP contribution in [-0.2, 0) is 0 Å². The van der Waals surface area contributed by atoms with Crippen molar-refractivity contribution in [3.8, 4) is 5.75 Å². The number of hydrogen-bond acceptors (Lipinski definition) is 3. The van der Waals surface area contributed by atoms with Crippen LogP contribution in [0.2, 0.25) is 0 Å². The van der Waals surface area contributed by atoms with Crippen LogP contribution in [0, 0.1) is 6.92 Å². The molecule has 0 aliphatic rings. The highest BCUT2D eigenvalue weighted by Gasteiger charge is 2.11. The molecule has 1 amide bonds. The average molecular weight is 250 g/mol. The van der Waals surface area contributed by atoms with E-state index in [2.05, 4.69) is 24.1 Å². The SMILES string of the molecule is Cc1ccc(C(=O)NCCN(C)C(C)C)c(O)c1. The maximum absolute atomic E-state index is 11.8. The van der Waals surface area contributed by atoms with Gasteiger partial charge in [-0.05, 0) is 45.5 Å². The molecule has 1 aromatic rings. The summed E-state index contributed by atoms with van der Waals surface area (Å²) in [5, 5.41) is 12.5. The van der Waals surface area contributed by atoms with E-state index in [1.807, 2.05) is 20.0 Å². The van der Waals surface area contributed by atoms with Gasteiger partial charge in [-0.2, -0.15) is 0 Å². The van der Waals surface area contributed by atoms with Crippen molar-refractivity contribution in [2.75, 3.05) is 20.1 Å². The molecule has 4 heteroatoms. The largest absolute Gasteiger partial charge is 0.507 e. The first kappa shape index (κ1) is 14.5. The van der Waals surface area contributed by atoms with Crippen LogP contribution >= 0.6 is 0 Å². The highest BCUT2D eigenvalue weighted by Crippen LogP contribution is 2.17. The van der Waals surface area contributed by atoms with Crippen molar-refractivity contribution in [2.45, 2.75) is 26.8 Å². The molecule has 100 valence electrons. The summed E-state index contributed by atoms with van der Waals surface area (Å²) in [5.41, 5.74) is 1.26. The molecule has 0 aliphatic carbocycles. The number of aromatic hydroxyl groups is 1. The van der Waals surface area contributed by atoms with E-state index in [0.29, 0.717) is 18.2 Å². The van der Waals surface area contributed by atoms with Gasteiger partial charge in [0, 0.05) is 19.1 Å². The van der Waals surface area contributed by atoms with Gasteiger partial charge >= 0.3 is 0 Å². The maximum atomic E-state index is 11.8. The Bertz CT molecular complexity index is 416. The number of phenols is 1. The van der Waals surface area contributed by atoms with Crippen LogP contribution in [-0.4, -0.2) is 42.1 Å². The Morgan fingerprint density at radius 1 is 1.44 bits per heavy atom. The molecule has 0 aromatic heterocycles. The van der Waals surface area contributed by atoms with E-state index in [0.717, 1.165) is 12.1 Å². The predicted molar refractivity (Wildman–Crippen MR) is 72.9 cm³/mol. The van der Waals surface area contributed by atoms with Crippen molar-refractivity contribution in [3.05, 3.63) is 29.3 Å². The lowest BCUT2D eigenvalue weighted by atomic mass is 10.1. The molecule has 0 spiro atoms. The van der Waals surface area contributed by atoms with Crippen LogP contribution < -0.4 is 5.32 Å². The molecule has 0 saturated carbocycles. The van der Waals surface area contributed by atoms with Gasteiger partial charge in [0.15, 0.2) is 0 Å². The molecule has 4 nitrogen and oxygen atoms in total. The van der Waals surface area contributed by atoms with E-state index in [4.69, 9.17) is 0 Å². The number of carbonyl (C=O) groups is 1. The zero-order chi connectivity index (χ0) is 13.7. The fourth-order valence-corrected chi connectivity index (χ4v) is 1.53. The number of benzene rings is 1. The Morgan fingerprint density at radius 2 is 2.11 bits per heavy atom. The molecule has 0 atom stereocenters. The first-order chi connectivity index (χ1) is 8.41. The molecule has 0 heterocycles. The number of aryl methyl sites for hydroxylation is 1. The average Bonchev–Trinajstić information content (AvgIpc) is 2.28. The van der Waals surface area contributed by atoms with Gasteiger partial charge in [0.1, 0.15) is 5.75 Å². The van der Waals surface area contributed by atoms with Gasteiger partial charge in [-0.3, -0.25) is 4.79 Å². The fraction of sp³-hybridized carbons (Fsp3) is 0.500. The summed E-state index contributed by atoms with van der Waals surface area (Å²) in [4.78, 5) is 14.0. The summed E-state index contributed by atoms with van der Waals surface area (Å²) >= 11 is 0. The van der Waals surface area contributed by atoms with Crippen molar-refractivity contribution in [3.63, 3.8) is 0 Å². The second-order valence-corrected chi connectivity index (χ2v) is 4.85. The number of rotatable bonds is 5. The van der Waals surface area contributed by atoms with E-state index in [1.165, 1.54) is 0 Å². The zero-order valence-electron chi connectivity index (χ0n) is 11.5. The lowest BCUT2D eigenvalue weighted by molar-refractivity contribution is 0.0945. The molecule has 0 aliphatic heterocycles. The number of amides is 1. The van der Waals surface area contributed by atoms with Crippen molar-refractivity contribution in [1.82, 2.24) is 10.2 Å². The molecule has 1 rings (SSSR count). The molecule has 0 bridgehead atoms. The van der Waals surface area contributed by atoms with Gasteiger partial charge in [-0.1, -0.05) is 6.07 Å². The minimum atomic E-state index is -0.232. The number of phenolic OH excluding ortho intramolecular Hbond substituents is 1. The summed E-state index contributed by atoms with van der Waals surface area (Å²) in [6, 6.07) is 5.51. The van der Waals surface area contributed by atoms with Gasteiger partial charge in [-0.25, -0.2) is 0 Å². The highest BCUT2D eigenvalue weighted by molar-refractivity contribution is 5.96. The van der Waals surface area contributed by atoms with E-state index >= 15 is 0 Å². The molecule has 18 heavy (non-hydrogen) atoms. The number of hydrogen-bond donors (Lipinski definition) is 2. The third kappa shape index (κ3) is 4.04. The first-order valence-corrected chi connectivity index (χ1v) is 6.20. The van der Waals surface area contributed by atoms with Crippen molar-refractivity contribution >= 4 is 5.91 Å². The summed E-state index contributed by atoms with van der Waals surface area (Å²) in [6.07, 6.45) is 0. The predicted octanol–water partition coefficient (Wildman–Crippen LogP) is 1.77. The van der Waals surface area contributed by atoms with Gasteiger partial charge in [0.05, 0.1) is 5.56 Å². The number of nitrogens with one attached hydrogen (secondary N) is 1. The van der Waals surface area contributed by atoms with Crippen molar-refractivity contribution < 1.29 is 9.90 Å². The van der Waals surface area contributed by atoms with E-state index in [-0.39, 0.29) is 11.7 Å². The highest BCUT2D eigenvalue weighted by atomic mass is 16.3. The standard InChI is InChI=1S/C14H22N2O2/c1-10(2)16(4)8-7-15-14(18)12-6-5-11(3)9-13(12)17/h5-6,9-10,17H,7-8H2,1-4H3,(H,15,18). The second kappa shape index (κ2) is 6.40. The van der Waals surface area contributed by atoms with Crippen LogP contribution in [0.3, 0.4) is 0 Å². The summed E-state index contributed by atoms with van der Waals surface area (Å²) in [6.45, 7) is 7.44. The van der Waals surface area contributed by atoms with Gasteiger partial charge in [-0.15, -0.1) is 0 Å². The van der Waals surface area contributed by atoms with Gasteiger partial charge in [0.25, 0.3) is 5.91 Å². The third-order valence-corrected chi connectivity index (χ3v) is 3.03. The number of nitrogens with zero attached hydrogens (tertiary/aromatic N) is 1. The topological polar surface area (TPSA) is 52.6 Å². The Hall–Kier alpha value is -1.55.